The van der Waals surface area contributed by atoms with Gasteiger partial charge in [0.05, 0.1) is 22.5 Å². The minimum atomic E-state index is -0.506. The molecule has 4 aromatic rings. The predicted octanol–water partition coefficient (Wildman–Crippen LogP) is 3.35. The number of pyridine rings is 1. The molecule has 7 nitrogen and oxygen atoms in total. The Morgan fingerprint density at radius 1 is 1.21 bits per heavy atom. The molecule has 0 bridgehead atoms. The smallest absolute Gasteiger partial charge is 0.261 e. The predicted molar refractivity (Wildman–Crippen MR) is 115 cm³/mol. The van der Waals surface area contributed by atoms with Crippen LogP contribution in [0.4, 0.5) is 5.82 Å². The molecule has 0 aliphatic carbocycles. The number of halogens is 1. The second-order valence-electron chi connectivity index (χ2n) is 6.45. The molecule has 3 aromatic heterocycles. The van der Waals surface area contributed by atoms with Crippen LogP contribution in [-0.2, 0) is 7.05 Å². The Hall–Kier alpha value is -2.97. The fourth-order valence-electron chi connectivity index (χ4n) is 3.00. The molecule has 0 spiro atoms. The van der Waals surface area contributed by atoms with Crippen molar-refractivity contribution in [2.45, 2.75) is 0 Å². The van der Waals surface area contributed by atoms with Gasteiger partial charge >= 0.3 is 0 Å². The quantitative estimate of drug-likeness (QED) is 0.553. The molecular formula is C19H19ClN6OS. The van der Waals surface area contributed by atoms with E-state index in [2.05, 4.69) is 14.5 Å². The zero-order chi connectivity index (χ0) is 19.1. The van der Waals surface area contributed by atoms with E-state index in [1.165, 1.54) is 0 Å². The molecule has 0 aliphatic heterocycles. The van der Waals surface area contributed by atoms with Crippen LogP contribution in [0.2, 0.25) is 0 Å². The number of carbonyl (C=O) groups is 1. The van der Waals surface area contributed by atoms with Crippen molar-refractivity contribution in [1.82, 2.24) is 19.1 Å². The molecular weight excluding hydrogens is 396 g/mol. The lowest BCUT2D eigenvalue weighted by atomic mass is 10.0. The highest BCUT2D eigenvalue weighted by Crippen LogP contribution is 2.37. The SMILES string of the molecule is CN(C)c1cccc(-c2c(-c3ccc4nn(C)cc4c3)nsc2C(N)=O)n1.Cl. The van der Waals surface area contributed by atoms with Crippen molar-refractivity contribution in [2.75, 3.05) is 19.0 Å². The van der Waals surface area contributed by atoms with E-state index in [0.717, 1.165) is 33.8 Å². The van der Waals surface area contributed by atoms with Crippen molar-refractivity contribution in [1.29, 1.82) is 0 Å². The summed E-state index contributed by atoms with van der Waals surface area (Å²) in [6, 6.07) is 11.6. The monoisotopic (exact) mass is 414 g/mol. The minimum Gasteiger partial charge on any atom is -0.365 e. The maximum atomic E-state index is 12.0. The molecule has 144 valence electrons. The number of fused-ring (bicyclic) bond motifs is 1. The van der Waals surface area contributed by atoms with Gasteiger partial charge in [-0.3, -0.25) is 9.48 Å². The van der Waals surface area contributed by atoms with Gasteiger partial charge in [0, 0.05) is 38.3 Å². The van der Waals surface area contributed by atoms with Crippen molar-refractivity contribution >= 4 is 46.6 Å². The average Bonchev–Trinajstić information content (AvgIpc) is 3.23. The number of amides is 1. The summed E-state index contributed by atoms with van der Waals surface area (Å²) in [4.78, 5) is 19.0. The third-order valence-corrected chi connectivity index (χ3v) is 5.12. The Labute approximate surface area is 172 Å². The molecule has 0 aliphatic rings. The molecule has 1 aromatic carbocycles. The van der Waals surface area contributed by atoms with E-state index in [9.17, 15) is 4.79 Å². The highest BCUT2D eigenvalue weighted by Gasteiger charge is 2.22. The minimum absolute atomic E-state index is 0. The molecule has 0 saturated carbocycles. The summed E-state index contributed by atoms with van der Waals surface area (Å²) < 4.78 is 6.30. The topological polar surface area (TPSA) is 89.9 Å². The lowest BCUT2D eigenvalue weighted by Gasteiger charge is -2.13. The van der Waals surface area contributed by atoms with E-state index in [-0.39, 0.29) is 12.4 Å². The van der Waals surface area contributed by atoms with Crippen molar-refractivity contribution in [3.63, 3.8) is 0 Å². The van der Waals surface area contributed by atoms with Gasteiger partial charge in [0.25, 0.3) is 5.91 Å². The highest BCUT2D eigenvalue weighted by atomic mass is 35.5. The fourth-order valence-corrected chi connectivity index (χ4v) is 3.76. The van der Waals surface area contributed by atoms with Gasteiger partial charge in [-0.15, -0.1) is 12.4 Å². The molecule has 0 fully saturated rings. The second-order valence-corrected chi connectivity index (χ2v) is 7.22. The summed E-state index contributed by atoms with van der Waals surface area (Å²) >= 11 is 1.10. The zero-order valence-corrected chi connectivity index (χ0v) is 17.2. The van der Waals surface area contributed by atoms with Gasteiger partial charge in [0.1, 0.15) is 10.7 Å². The normalized spacial score (nSPS) is 10.7. The summed E-state index contributed by atoms with van der Waals surface area (Å²) in [6.07, 6.45) is 1.95. The maximum Gasteiger partial charge on any atom is 0.261 e. The average molecular weight is 415 g/mol. The summed E-state index contributed by atoms with van der Waals surface area (Å²) in [5, 5.41) is 5.40. The zero-order valence-electron chi connectivity index (χ0n) is 15.6. The van der Waals surface area contributed by atoms with Gasteiger partial charge in [-0.25, -0.2) is 4.98 Å². The molecule has 3 heterocycles. The largest absolute Gasteiger partial charge is 0.365 e. The Morgan fingerprint density at radius 3 is 2.71 bits per heavy atom. The first kappa shape index (κ1) is 19.8. The number of hydrogen-bond acceptors (Lipinski definition) is 6. The number of anilines is 1. The molecule has 0 saturated heterocycles. The van der Waals surface area contributed by atoms with Gasteiger partial charge in [0.15, 0.2) is 0 Å². The third kappa shape index (κ3) is 3.44. The van der Waals surface area contributed by atoms with Crippen molar-refractivity contribution in [3.8, 4) is 22.5 Å². The summed E-state index contributed by atoms with van der Waals surface area (Å²) in [5.41, 5.74) is 9.45. The van der Waals surface area contributed by atoms with E-state index < -0.39 is 5.91 Å². The van der Waals surface area contributed by atoms with Crippen LogP contribution in [0.1, 0.15) is 9.67 Å². The van der Waals surface area contributed by atoms with Crippen LogP contribution in [-0.4, -0.2) is 39.1 Å². The first-order chi connectivity index (χ1) is 12.9. The van der Waals surface area contributed by atoms with E-state index in [1.807, 2.05) is 68.6 Å². The van der Waals surface area contributed by atoms with Crippen LogP contribution in [0.3, 0.4) is 0 Å². The summed E-state index contributed by atoms with van der Waals surface area (Å²) in [5.74, 6) is 0.288. The van der Waals surface area contributed by atoms with Crippen LogP contribution < -0.4 is 10.6 Å². The van der Waals surface area contributed by atoms with Gasteiger partial charge in [-0.2, -0.15) is 9.47 Å². The second kappa shape index (κ2) is 7.57. The van der Waals surface area contributed by atoms with Crippen molar-refractivity contribution < 1.29 is 4.79 Å². The number of primary amides is 1. The number of nitrogens with zero attached hydrogens (tertiary/aromatic N) is 5. The van der Waals surface area contributed by atoms with Crippen LogP contribution in [0.25, 0.3) is 33.4 Å². The van der Waals surface area contributed by atoms with E-state index in [1.54, 1.807) is 4.68 Å². The molecule has 2 N–H and O–H groups in total. The lowest BCUT2D eigenvalue weighted by Crippen LogP contribution is -2.12. The van der Waals surface area contributed by atoms with Gasteiger partial charge in [-0.05, 0) is 35.8 Å². The van der Waals surface area contributed by atoms with E-state index in [0.29, 0.717) is 21.8 Å². The van der Waals surface area contributed by atoms with Crippen LogP contribution in [0.15, 0.2) is 42.6 Å². The maximum absolute atomic E-state index is 12.0. The number of benzene rings is 1. The van der Waals surface area contributed by atoms with Crippen LogP contribution >= 0.6 is 23.9 Å². The fraction of sp³-hybridized carbons (Fsp3) is 0.158. The molecule has 28 heavy (non-hydrogen) atoms. The summed E-state index contributed by atoms with van der Waals surface area (Å²) in [7, 11) is 5.73. The molecule has 0 unspecified atom stereocenters. The van der Waals surface area contributed by atoms with Gasteiger partial charge in [0.2, 0.25) is 0 Å². The van der Waals surface area contributed by atoms with E-state index in [4.69, 9.17) is 5.73 Å². The third-order valence-electron chi connectivity index (χ3n) is 4.26. The Bertz CT molecular complexity index is 1170. The van der Waals surface area contributed by atoms with Crippen molar-refractivity contribution in [3.05, 3.63) is 47.5 Å². The number of aromatic nitrogens is 4. The van der Waals surface area contributed by atoms with Crippen LogP contribution in [0, 0.1) is 0 Å². The molecule has 0 atom stereocenters. The lowest BCUT2D eigenvalue weighted by molar-refractivity contribution is 0.100. The standard InChI is InChI=1S/C19H18N6OS.ClH/c1-24(2)15-6-4-5-14(21-15)16-17(23-27-18(16)19(20)26)11-7-8-13-12(9-11)10-25(3)22-13;/h4-10H,1-3H3,(H2,20,26);1H. The van der Waals surface area contributed by atoms with Crippen LogP contribution in [0.5, 0.6) is 0 Å². The summed E-state index contributed by atoms with van der Waals surface area (Å²) in [6.45, 7) is 0. The van der Waals surface area contributed by atoms with Crippen molar-refractivity contribution in [2.24, 2.45) is 12.8 Å². The number of nitrogens with two attached hydrogens (primary N) is 1. The first-order valence-corrected chi connectivity index (χ1v) is 9.09. The molecule has 9 heteroatoms. The number of rotatable bonds is 4. The number of aryl methyl sites for hydroxylation is 1. The van der Waals surface area contributed by atoms with E-state index >= 15 is 0 Å². The highest BCUT2D eigenvalue weighted by molar-refractivity contribution is 7.09. The molecule has 0 radical (unpaired) electrons. The van der Waals surface area contributed by atoms with Gasteiger partial charge in [-0.1, -0.05) is 12.1 Å². The first-order valence-electron chi connectivity index (χ1n) is 8.32. The Kier molecular flexibility index (Phi) is 5.35. The Morgan fingerprint density at radius 2 is 2.00 bits per heavy atom. The molecule has 4 rings (SSSR count). The van der Waals surface area contributed by atoms with Gasteiger partial charge < -0.3 is 10.6 Å². The molecule has 1 amide bonds. The Balaban J connectivity index is 0.00000225. The number of carbonyl (C=O) groups excluding carboxylic acids is 1. The number of hydrogen-bond donors (Lipinski definition) is 1.